The van der Waals surface area contributed by atoms with Crippen molar-refractivity contribution in [2.45, 2.75) is 25.7 Å². The van der Waals surface area contributed by atoms with Gasteiger partial charge in [0.15, 0.2) is 5.82 Å². The number of nitrogens with zero attached hydrogens (tertiary/aromatic N) is 3. The molecule has 0 spiro atoms. The SMILES string of the molecule is Cc1ccc(-c2nc(C3CCN(C(=O)C=Cc4ccco4)CC3)no2)cc1. The highest BCUT2D eigenvalue weighted by Crippen LogP contribution is 2.28. The molecule has 1 aromatic carbocycles. The van der Waals surface area contributed by atoms with Crippen LogP contribution in [0.2, 0.25) is 0 Å². The van der Waals surface area contributed by atoms with Crippen LogP contribution in [0.3, 0.4) is 0 Å². The van der Waals surface area contributed by atoms with Crippen molar-refractivity contribution < 1.29 is 13.7 Å². The van der Waals surface area contributed by atoms with Crippen molar-refractivity contribution in [2.24, 2.45) is 0 Å². The fraction of sp³-hybridized carbons (Fsp3) is 0.286. The second-order valence-electron chi connectivity index (χ2n) is 6.77. The molecule has 3 heterocycles. The normalized spacial score (nSPS) is 15.5. The van der Waals surface area contributed by atoms with Gasteiger partial charge < -0.3 is 13.8 Å². The Balaban J connectivity index is 1.35. The lowest BCUT2D eigenvalue weighted by Crippen LogP contribution is -2.37. The number of hydrogen-bond acceptors (Lipinski definition) is 5. The third kappa shape index (κ3) is 4.00. The molecule has 6 heteroatoms. The summed E-state index contributed by atoms with van der Waals surface area (Å²) in [4.78, 5) is 18.7. The third-order valence-electron chi connectivity index (χ3n) is 4.85. The zero-order valence-corrected chi connectivity index (χ0v) is 15.2. The van der Waals surface area contributed by atoms with Gasteiger partial charge in [0, 0.05) is 30.6 Å². The molecule has 1 aliphatic rings. The number of amides is 1. The van der Waals surface area contributed by atoms with E-state index >= 15 is 0 Å². The summed E-state index contributed by atoms with van der Waals surface area (Å²) in [7, 11) is 0. The number of piperidine rings is 1. The molecule has 1 aliphatic heterocycles. The van der Waals surface area contributed by atoms with E-state index in [1.54, 1.807) is 24.5 Å². The van der Waals surface area contributed by atoms with E-state index in [4.69, 9.17) is 8.94 Å². The molecule has 0 bridgehead atoms. The van der Waals surface area contributed by atoms with Crippen LogP contribution in [0.5, 0.6) is 0 Å². The smallest absolute Gasteiger partial charge is 0.257 e. The molecule has 0 N–H and O–H groups in total. The first-order valence-corrected chi connectivity index (χ1v) is 9.10. The summed E-state index contributed by atoms with van der Waals surface area (Å²) in [5.74, 6) is 2.16. The topological polar surface area (TPSA) is 72.4 Å². The molecule has 0 saturated carbocycles. The molecule has 6 nitrogen and oxygen atoms in total. The molecule has 27 heavy (non-hydrogen) atoms. The fourth-order valence-electron chi connectivity index (χ4n) is 3.22. The summed E-state index contributed by atoms with van der Waals surface area (Å²) in [6, 6.07) is 11.6. The minimum atomic E-state index is -0.00157. The summed E-state index contributed by atoms with van der Waals surface area (Å²) in [5.41, 5.74) is 2.12. The lowest BCUT2D eigenvalue weighted by Gasteiger charge is -2.29. The van der Waals surface area contributed by atoms with Gasteiger partial charge in [-0.1, -0.05) is 22.9 Å². The van der Waals surface area contributed by atoms with Crippen molar-refractivity contribution in [2.75, 3.05) is 13.1 Å². The van der Waals surface area contributed by atoms with Gasteiger partial charge in [-0.2, -0.15) is 4.98 Å². The summed E-state index contributed by atoms with van der Waals surface area (Å²) < 4.78 is 10.6. The number of rotatable bonds is 4. The Hall–Kier alpha value is -3.15. The second kappa shape index (κ2) is 7.61. The number of aryl methyl sites for hydroxylation is 1. The monoisotopic (exact) mass is 363 g/mol. The minimum Gasteiger partial charge on any atom is -0.465 e. The van der Waals surface area contributed by atoms with Crippen molar-refractivity contribution in [1.29, 1.82) is 0 Å². The Kier molecular flexibility index (Phi) is 4.87. The van der Waals surface area contributed by atoms with Crippen molar-refractivity contribution in [3.05, 3.63) is 65.9 Å². The van der Waals surface area contributed by atoms with E-state index in [-0.39, 0.29) is 11.8 Å². The van der Waals surface area contributed by atoms with Gasteiger partial charge >= 0.3 is 0 Å². The van der Waals surface area contributed by atoms with Crippen LogP contribution in [-0.2, 0) is 4.79 Å². The largest absolute Gasteiger partial charge is 0.465 e. The Morgan fingerprint density at radius 1 is 1.19 bits per heavy atom. The molecule has 2 aromatic heterocycles. The van der Waals surface area contributed by atoms with Crippen molar-refractivity contribution in [1.82, 2.24) is 15.0 Å². The van der Waals surface area contributed by atoms with Gasteiger partial charge in [0.1, 0.15) is 5.76 Å². The first-order chi connectivity index (χ1) is 13.2. The van der Waals surface area contributed by atoms with Gasteiger partial charge in [-0.25, -0.2) is 0 Å². The van der Waals surface area contributed by atoms with Crippen LogP contribution in [0.4, 0.5) is 0 Å². The van der Waals surface area contributed by atoms with E-state index in [0.29, 0.717) is 24.7 Å². The molecule has 1 saturated heterocycles. The highest BCUT2D eigenvalue weighted by Gasteiger charge is 2.26. The molecule has 1 fully saturated rings. The predicted octanol–water partition coefficient (Wildman–Crippen LogP) is 4.06. The van der Waals surface area contributed by atoms with Crippen LogP contribution in [-0.4, -0.2) is 34.0 Å². The van der Waals surface area contributed by atoms with E-state index in [1.165, 1.54) is 5.56 Å². The first-order valence-electron chi connectivity index (χ1n) is 9.10. The van der Waals surface area contributed by atoms with Crippen molar-refractivity contribution in [3.8, 4) is 11.5 Å². The van der Waals surface area contributed by atoms with Crippen LogP contribution in [0.15, 0.2) is 57.7 Å². The summed E-state index contributed by atoms with van der Waals surface area (Å²) in [6.07, 6.45) is 6.50. The predicted molar refractivity (Wildman–Crippen MR) is 101 cm³/mol. The van der Waals surface area contributed by atoms with Gasteiger partial charge in [0.05, 0.1) is 6.26 Å². The maximum atomic E-state index is 12.3. The van der Waals surface area contributed by atoms with Crippen LogP contribution >= 0.6 is 0 Å². The lowest BCUT2D eigenvalue weighted by atomic mass is 9.96. The number of benzene rings is 1. The summed E-state index contributed by atoms with van der Waals surface area (Å²) >= 11 is 0. The van der Waals surface area contributed by atoms with Crippen molar-refractivity contribution >= 4 is 12.0 Å². The minimum absolute atomic E-state index is 0.00157. The van der Waals surface area contributed by atoms with E-state index in [1.807, 2.05) is 42.2 Å². The van der Waals surface area contributed by atoms with E-state index < -0.39 is 0 Å². The molecular weight excluding hydrogens is 342 g/mol. The molecule has 4 rings (SSSR count). The standard InChI is InChI=1S/C21H21N3O3/c1-15-4-6-17(7-5-15)21-22-20(23-27-21)16-10-12-24(13-11-16)19(25)9-8-18-3-2-14-26-18/h2-9,14,16H,10-13H2,1H3. The Bertz CT molecular complexity index is 918. The van der Waals surface area contributed by atoms with Gasteiger partial charge in [-0.3, -0.25) is 4.79 Å². The van der Waals surface area contributed by atoms with E-state index in [9.17, 15) is 4.79 Å². The number of furan rings is 1. The van der Waals surface area contributed by atoms with Crippen LogP contribution in [0.1, 0.15) is 35.9 Å². The van der Waals surface area contributed by atoms with Gasteiger partial charge in [0.2, 0.25) is 5.91 Å². The molecule has 3 aromatic rings. The average Bonchev–Trinajstić information content (AvgIpc) is 3.39. The lowest BCUT2D eigenvalue weighted by molar-refractivity contribution is -0.127. The Morgan fingerprint density at radius 3 is 2.67 bits per heavy atom. The number of hydrogen-bond donors (Lipinski definition) is 0. The van der Waals surface area contributed by atoms with Crippen LogP contribution < -0.4 is 0 Å². The summed E-state index contributed by atoms with van der Waals surface area (Å²) in [6.45, 7) is 3.41. The first kappa shape index (κ1) is 17.3. The maximum absolute atomic E-state index is 12.3. The Morgan fingerprint density at radius 2 is 1.96 bits per heavy atom. The maximum Gasteiger partial charge on any atom is 0.257 e. The van der Waals surface area contributed by atoms with Gasteiger partial charge in [-0.15, -0.1) is 0 Å². The molecule has 0 atom stereocenters. The van der Waals surface area contributed by atoms with E-state index in [2.05, 4.69) is 10.1 Å². The quantitative estimate of drug-likeness (QED) is 0.654. The molecule has 1 amide bonds. The van der Waals surface area contributed by atoms with Gasteiger partial charge in [-0.05, 0) is 50.1 Å². The highest BCUT2D eigenvalue weighted by atomic mass is 16.5. The fourth-order valence-corrected chi connectivity index (χ4v) is 3.22. The number of aromatic nitrogens is 2. The highest BCUT2D eigenvalue weighted by molar-refractivity contribution is 5.91. The molecule has 0 radical (unpaired) electrons. The summed E-state index contributed by atoms with van der Waals surface area (Å²) in [5, 5.41) is 4.16. The molecule has 0 unspecified atom stereocenters. The zero-order chi connectivity index (χ0) is 18.6. The number of carbonyl (C=O) groups is 1. The third-order valence-corrected chi connectivity index (χ3v) is 4.85. The molecule has 138 valence electrons. The number of carbonyl (C=O) groups excluding carboxylic acids is 1. The Labute approximate surface area is 157 Å². The second-order valence-corrected chi connectivity index (χ2v) is 6.77. The van der Waals surface area contributed by atoms with Crippen LogP contribution in [0.25, 0.3) is 17.5 Å². The van der Waals surface area contributed by atoms with E-state index in [0.717, 1.165) is 24.2 Å². The molecular formula is C21H21N3O3. The number of likely N-dealkylation sites (tertiary alicyclic amines) is 1. The van der Waals surface area contributed by atoms with Gasteiger partial charge in [0.25, 0.3) is 5.89 Å². The molecule has 0 aliphatic carbocycles. The van der Waals surface area contributed by atoms with Crippen molar-refractivity contribution in [3.63, 3.8) is 0 Å². The zero-order valence-electron chi connectivity index (χ0n) is 15.2. The average molecular weight is 363 g/mol. The van der Waals surface area contributed by atoms with Crippen LogP contribution in [0, 0.1) is 6.92 Å².